The standard InChI is InChI=1S/C24H37NO4/c1-15(27)20-6-7-21-19-5-4-16-12-17(25-29-14-18(28)13-26)8-10-23(16,2)22(19)9-11-24(20,21)3/h12,18-22,26,28H,4-11,13-14H2,1-3H3/t18?,19-,20+,21-,22-,23-,24+/m0/s1. The molecule has 0 spiro atoms. The second-order valence-electron chi connectivity index (χ2n) is 10.5. The summed E-state index contributed by atoms with van der Waals surface area (Å²) in [5.74, 6) is 2.84. The third-order valence-electron chi connectivity index (χ3n) is 9.13. The number of rotatable bonds is 5. The fraction of sp³-hybridized carbons (Fsp3) is 0.833. The highest BCUT2D eigenvalue weighted by molar-refractivity contribution is 5.96. The van der Waals surface area contributed by atoms with Gasteiger partial charge in [-0.05, 0) is 93.0 Å². The zero-order valence-electron chi connectivity index (χ0n) is 18.2. The summed E-state index contributed by atoms with van der Waals surface area (Å²) in [5.41, 5.74) is 2.93. The molecule has 0 amide bonds. The van der Waals surface area contributed by atoms with Gasteiger partial charge < -0.3 is 15.1 Å². The lowest BCUT2D eigenvalue weighted by atomic mass is 9.46. The molecule has 0 aromatic heterocycles. The van der Waals surface area contributed by atoms with Crippen LogP contribution < -0.4 is 0 Å². The molecule has 7 atom stereocenters. The maximum Gasteiger partial charge on any atom is 0.145 e. The third-order valence-corrected chi connectivity index (χ3v) is 9.13. The van der Waals surface area contributed by atoms with Gasteiger partial charge in [-0.1, -0.05) is 24.6 Å². The van der Waals surface area contributed by atoms with Gasteiger partial charge in [0.15, 0.2) is 0 Å². The number of carbonyl (C=O) groups excluding carboxylic acids is 1. The molecule has 162 valence electrons. The number of allylic oxidation sites excluding steroid dienone is 2. The molecule has 0 aliphatic heterocycles. The Kier molecular flexibility index (Phi) is 5.67. The number of oxime groups is 1. The van der Waals surface area contributed by atoms with Crippen LogP contribution in [0.4, 0.5) is 0 Å². The Labute approximate surface area is 174 Å². The minimum atomic E-state index is -0.877. The molecule has 2 N–H and O–H groups in total. The molecule has 3 saturated carbocycles. The zero-order chi connectivity index (χ0) is 20.8. The van der Waals surface area contributed by atoms with Crippen molar-refractivity contribution in [3.8, 4) is 0 Å². The molecule has 0 aromatic carbocycles. The van der Waals surface area contributed by atoms with Crippen molar-refractivity contribution in [2.75, 3.05) is 13.2 Å². The summed E-state index contributed by atoms with van der Waals surface area (Å²) in [6.07, 6.45) is 10.5. The molecule has 0 aromatic rings. The van der Waals surface area contributed by atoms with Crippen molar-refractivity contribution >= 4 is 11.5 Å². The first kappa shape index (κ1) is 21.0. The van der Waals surface area contributed by atoms with E-state index in [-0.39, 0.29) is 30.0 Å². The summed E-state index contributed by atoms with van der Waals surface area (Å²) >= 11 is 0. The van der Waals surface area contributed by atoms with Crippen LogP contribution in [0, 0.1) is 34.5 Å². The Bertz CT molecular complexity index is 716. The van der Waals surface area contributed by atoms with Crippen LogP contribution in [-0.2, 0) is 9.63 Å². The van der Waals surface area contributed by atoms with E-state index < -0.39 is 6.10 Å². The molecule has 0 radical (unpaired) electrons. The minimum Gasteiger partial charge on any atom is -0.394 e. The van der Waals surface area contributed by atoms with Gasteiger partial charge in [0.25, 0.3) is 0 Å². The molecule has 1 unspecified atom stereocenters. The fourth-order valence-corrected chi connectivity index (χ4v) is 7.57. The van der Waals surface area contributed by atoms with Gasteiger partial charge in [-0.25, -0.2) is 0 Å². The number of hydrogen-bond donors (Lipinski definition) is 2. The molecule has 3 fully saturated rings. The Hall–Kier alpha value is -1.20. The van der Waals surface area contributed by atoms with E-state index in [0.717, 1.165) is 37.3 Å². The molecule has 5 nitrogen and oxygen atoms in total. The van der Waals surface area contributed by atoms with Crippen molar-refractivity contribution in [2.45, 2.75) is 78.2 Å². The van der Waals surface area contributed by atoms with Crippen LogP contribution in [0.2, 0.25) is 0 Å². The largest absolute Gasteiger partial charge is 0.394 e. The summed E-state index contributed by atoms with van der Waals surface area (Å²) in [7, 11) is 0. The number of carbonyl (C=O) groups is 1. The van der Waals surface area contributed by atoms with E-state index in [1.807, 2.05) is 0 Å². The van der Waals surface area contributed by atoms with E-state index in [1.54, 1.807) is 6.92 Å². The molecular weight excluding hydrogens is 366 g/mol. The molecule has 29 heavy (non-hydrogen) atoms. The molecule has 4 rings (SSSR count). The monoisotopic (exact) mass is 403 g/mol. The average molecular weight is 404 g/mol. The van der Waals surface area contributed by atoms with Crippen LogP contribution in [0.25, 0.3) is 0 Å². The van der Waals surface area contributed by atoms with E-state index in [4.69, 9.17) is 9.94 Å². The molecule has 0 saturated heterocycles. The van der Waals surface area contributed by atoms with Crippen LogP contribution in [0.15, 0.2) is 16.8 Å². The predicted molar refractivity (Wildman–Crippen MR) is 112 cm³/mol. The van der Waals surface area contributed by atoms with Crippen LogP contribution >= 0.6 is 0 Å². The number of nitrogens with zero attached hydrogens (tertiary/aromatic N) is 1. The first-order chi connectivity index (χ1) is 13.8. The minimum absolute atomic E-state index is 0.0305. The highest BCUT2D eigenvalue weighted by atomic mass is 16.6. The normalized spacial score (nSPS) is 43.8. The van der Waals surface area contributed by atoms with Gasteiger partial charge in [0.05, 0.1) is 12.3 Å². The van der Waals surface area contributed by atoms with Gasteiger partial charge in [-0.15, -0.1) is 0 Å². The quantitative estimate of drug-likeness (QED) is 0.683. The zero-order valence-corrected chi connectivity index (χ0v) is 18.2. The van der Waals surface area contributed by atoms with E-state index in [1.165, 1.54) is 31.3 Å². The van der Waals surface area contributed by atoms with Crippen LogP contribution in [0.1, 0.15) is 72.1 Å². The summed E-state index contributed by atoms with van der Waals surface area (Å²) < 4.78 is 0. The molecule has 4 aliphatic rings. The van der Waals surface area contributed by atoms with Crippen molar-refractivity contribution in [2.24, 2.45) is 39.7 Å². The molecular formula is C24H37NO4. The second kappa shape index (κ2) is 7.81. The number of Topliss-reactive ketones (excluding diaryl/α,β-unsaturated/α-hetero) is 1. The number of aliphatic hydroxyl groups is 2. The van der Waals surface area contributed by atoms with Crippen molar-refractivity contribution in [3.63, 3.8) is 0 Å². The summed E-state index contributed by atoms with van der Waals surface area (Å²) in [6, 6.07) is 0. The number of fused-ring (bicyclic) bond motifs is 5. The smallest absolute Gasteiger partial charge is 0.145 e. The molecule has 5 heteroatoms. The molecule has 0 bridgehead atoms. The van der Waals surface area contributed by atoms with E-state index in [0.29, 0.717) is 17.6 Å². The van der Waals surface area contributed by atoms with Gasteiger partial charge in [-0.2, -0.15) is 0 Å². The number of ketones is 1. The van der Waals surface area contributed by atoms with Gasteiger partial charge in [-0.3, -0.25) is 4.79 Å². The van der Waals surface area contributed by atoms with Crippen molar-refractivity contribution in [3.05, 3.63) is 11.6 Å². The number of hydrogen-bond acceptors (Lipinski definition) is 5. The topological polar surface area (TPSA) is 79.1 Å². The Balaban J connectivity index is 1.51. The lowest BCUT2D eigenvalue weighted by Crippen LogP contribution is -2.51. The molecule has 4 aliphatic carbocycles. The average Bonchev–Trinajstić information content (AvgIpc) is 3.05. The number of aliphatic hydroxyl groups excluding tert-OH is 2. The van der Waals surface area contributed by atoms with E-state index in [9.17, 15) is 9.90 Å². The van der Waals surface area contributed by atoms with Gasteiger partial charge in [0, 0.05) is 5.92 Å². The van der Waals surface area contributed by atoms with E-state index >= 15 is 0 Å². The SMILES string of the molecule is CC(=O)[C@H]1CC[C@H]2[C@@H]3CCC4=CC(=NOCC(O)CO)CC[C@]4(C)[C@H]3CC[C@]12C. The Morgan fingerprint density at radius 3 is 2.72 bits per heavy atom. The third kappa shape index (κ3) is 3.48. The highest BCUT2D eigenvalue weighted by Crippen LogP contribution is 2.66. The van der Waals surface area contributed by atoms with E-state index in [2.05, 4.69) is 25.1 Å². The lowest BCUT2D eigenvalue weighted by molar-refractivity contribution is -0.127. The van der Waals surface area contributed by atoms with Crippen LogP contribution in [-0.4, -0.2) is 41.0 Å². The summed E-state index contributed by atoms with van der Waals surface area (Å²) in [4.78, 5) is 17.5. The van der Waals surface area contributed by atoms with Gasteiger partial charge in [0.2, 0.25) is 0 Å². The fourth-order valence-electron chi connectivity index (χ4n) is 7.57. The van der Waals surface area contributed by atoms with Gasteiger partial charge >= 0.3 is 0 Å². The Morgan fingerprint density at radius 1 is 1.21 bits per heavy atom. The predicted octanol–water partition coefficient (Wildman–Crippen LogP) is 3.88. The summed E-state index contributed by atoms with van der Waals surface area (Å²) in [5, 5.41) is 22.5. The van der Waals surface area contributed by atoms with Crippen molar-refractivity contribution < 1.29 is 19.8 Å². The molecule has 0 heterocycles. The Morgan fingerprint density at radius 2 is 2.00 bits per heavy atom. The van der Waals surface area contributed by atoms with Crippen LogP contribution in [0.5, 0.6) is 0 Å². The maximum absolute atomic E-state index is 12.3. The van der Waals surface area contributed by atoms with Crippen molar-refractivity contribution in [1.29, 1.82) is 0 Å². The van der Waals surface area contributed by atoms with Gasteiger partial charge in [0.1, 0.15) is 18.5 Å². The second-order valence-corrected chi connectivity index (χ2v) is 10.5. The summed E-state index contributed by atoms with van der Waals surface area (Å²) in [6.45, 7) is 6.39. The first-order valence-corrected chi connectivity index (χ1v) is 11.5. The lowest BCUT2D eigenvalue weighted by Gasteiger charge is -2.58. The first-order valence-electron chi connectivity index (χ1n) is 11.5. The maximum atomic E-state index is 12.3. The highest BCUT2D eigenvalue weighted by Gasteiger charge is 2.59. The van der Waals surface area contributed by atoms with Crippen molar-refractivity contribution in [1.82, 2.24) is 0 Å². The van der Waals surface area contributed by atoms with Crippen LogP contribution in [0.3, 0.4) is 0 Å².